The van der Waals surface area contributed by atoms with Crippen LogP contribution >= 0.6 is 0 Å². The molecule has 0 saturated carbocycles. The normalized spacial score (nSPS) is 12.2. The molecule has 0 fully saturated rings. The standard InChI is InChI=1S/C23H34N2O4S2/c1-20-10-14-22(15-11-20)30(26,27)24-18-8-6-4-3-5-7-9-19-25-31(28,29)23-16-12-21(2)13-17-23/h10-17,24-25H,3-9,18-19H2,1-2H3. The first-order valence-corrected chi connectivity index (χ1v) is 13.8. The molecule has 0 aliphatic rings. The summed E-state index contributed by atoms with van der Waals surface area (Å²) in [6.07, 6.45) is 6.70. The zero-order chi connectivity index (χ0) is 22.7. The van der Waals surface area contributed by atoms with E-state index in [1.165, 1.54) is 0 Å². The van der Waals surface area contributed by atoms with Crippen molar-refractivity contribution in [2.24, 2.45) is 0 Å². The number of sulfonamides is 2. The molecule has 0 aromatic heterocycles. The number of rotatable bonds is 14. The second kappa shape index (κ2) is 12.3. The van der Waals surface area contributed by atoms with E-state index in [1.54, 1.807) is 48.5 Å². The third-order valence-corrected chi connectivity index (χ3v) is 8.05. The van der Waals surface area contributed by atoms with E-state index < -0.39 is 20.0 Å². The topological polar surface area (TPSA) is 92.3 Å². The van der Waals surface area contributed by atoms with Gasteiger partial charge in [0.05, 0.1) is 9.79 Å². The van der Waals surface area contributed by atoms with E-state index in [0.717, 1.165) is 56.1 Å². The molecule has 2 aromatic rings. The molecule has 0 heterocycles. The molecule has 2 N–H and O–H groups in total. The Hall–Kier alpha value is -1.74. The Labute approximate surface area is 187 Å². The summed E-state index contributed by atoms with van der Waals surface area (Å²) in [7, 11) is -6.85. The smallest absolute Gasteiger partial charge is 0.211 e. The van der Waals surface area contributed by atoms with Crippen molar-refractivity contribution >= 4 is 20.0 Å². The molecule has 0 aliphatic carbocycles. The molecule has 6 nitrogen and oxygen atoms in total. The Kier molecular flexibility index (Phi) is 10.2. The maximum absolute atomic E-state index is 12.2. The number of hydrogen-bond donors (Lipinski definition) is 2. The zero-order valence-electron chi connectivity index (χ0n) is 18.4. The Morgan fingerprint density at radius 1 is 0.516 bits per heavy atom. The molecule has 172 valence electrons. The van der Waals surface area contributed by atoms with Gasteiger partial charge in [-0.25, -0.2) is 26.3 Å². The van der Waals surface area contributed by atoms with E-state index >= 15 is 0 Å². The molecule has 31 heavy (non-hydrogen) atoms. The number of nitrogens with one attached hydrogen (secondary N) is 2. The molecule has 0 spiro atoms. The van der Waals surface area contributed by atoms with Gasteiger partial charge in [0.15, 0.2) is 0 Å². The molecule has 0 unspecified atom stereocenters. The molecule has 8 heteroatoms. The summed E-state index contributed by atoms with van der Waals surface area (Å²) in [6, 6.07) is 13.7. The monoisotopic (exact) mass is 466 g/mol. The van der Waals surface area contributed by atoms with Crippen LogP contribution in [-0.2, 0) is 20.0 Å². The molecule has 0 saturated heterocycles. The van der Waals surface area contributed by atoms with E-state index in [2.05, 4.69) is 9.44 Å². The van der Waals surface area contributed by atoms with Gasteiger partial charge in [-0.05, 0) is 51.0 Å². The van der Waals surface area contributed by atoms with Crippen LogP contribution in [-0.4, -0.2) is 29.9 Å². The van der Waals surface area contributed by atoms with Crippen molar-refractivity contribution in [3.63, 3.8) is 0 Å². The summed E-state index contributed by atoms with van der Waals surface area (Å²) in [5.41, 5.74) is 2.06. The second-order valence-electron chi connectivity index (χ2n) is 7.90. The van der Waals surface area contributed by atoms with Crippen LogP contribution < -0.4 is 9.44 Å². The summed E-state index contributed by atoms with van der Waals surface area (Å²) in [6.45, 7) is 4.73. The van der Waals surface area contributed by atoms with Crippen molar-refractivity contribution in [2.45, 2.75) is 68.6 Å². The van der Waals surface area contributed by atoms with Crippen LogP contribution in [0, 0.1) is 13.8 Å². The van der Waals surface area contributed by atoms with Crippen LogP contribution in [0.1, 0.15) is 56.1 Å². The Morgan fingerprint density at radius 2 is 0.806 bits per heavy atom. The lowest BCUT2D eigenvalue weighted by molar-refractivity contribution is 0.554. The number of benzene rings is 2. The first kappa shape index (κ1) is 25.5. The first-order valence-electron chi connectivity index (χ1n) is 10.8. The highest BCUT2D eigenvalue weighted by molar-refractivity contribution is 7.89. The van der Waals surface area contributed by atoms with Crippen LogP contribution in [0.3, 0.4) is 0 Å². The van der Waals surface area contributed by atoms with Gasteiger partial charge in [-0.2, -0.15) is 0 Å². The van der Waals surface area contributed by atoms with Gasteiger partial charge in [-0.3, -0.25) is 0 Å². The van der Waals surface area contributed by atoms with Crippen molar-refractivity contribution in [3.05, 3.63) is 59.7 Å². The number of unbranched alkanes of at least 4 members (excludes halogenated alkanes) is 6. The SMILES string of the molecule is Cc1ccc(S(=O)(=O)NCCCCCCCCCNS(=O)(=O)c2ccc(C)cc2)cc1. The lowest BCUT2D eigenvalue weighted by atomic mass is 10.1. The highest BCUT2D eigenvalue weighted by atomic mass is 32.2. The Bertz CT molecular complexity index is 917. The Balaban J connectivity index is 1.50. The van der Waals surface area contributed by atoms with Crippen LogP contribution in [0.2, 0.25) is 0 Å². The predicted molar refractivity (Wildman–Crippen MR) is 125 cm³/mol. The minimum Gasteiger partial charge on any atom is -0.211 e. The molecular formula is C23H34N2O4S2. The Morgan fingerprint density at radius 3 is 1.13 bits per heavy atom. The third-order valence-electron chi connectivity index (χ3n) is 5.10. The van der Waals surface area contributed by atoms with E-state index in [0.29, 0.717) is 22.9 Å². The maximum atomic E-state index is 12.2. The predicted octanol–water partition coefficient (Wildman–Crippen LogP) is 4.29. The number of hydrogen-bond acceptors (Lipinski definition) is 4. The quantitative estimate of drug-likeness (QED) is 0.406. The summed E-state index contributed by atoms with van der Waals surface area (Å²) >= 11 is 0. The van der Waals surface area contributed by atoms with Crippen LogP contribution in [0.15, 0.2) is 58.3 Å². The fourth-order valence-electron chi connectivity index (χ4n) is 3.15. The van der Waals surface area contributed by atoms with Crippen molar-refractivity contribution in [2.75, 3.05) is 13.1 Å². The minimum atomic E-state index is -3.43. The molecule has 2 aromatic carbocycles. The largest absolute Gasteiger partial charge is 0.240 e. The summed E-state index contributed by atoms with van der Waals surface area (Å²) in [5, 5.41) is 0. The van der Waals surface area contributed by atoms with Gasteiger partial charge in [0.2, 0.25) is 20.0 Å². The van der Waals surface area contributed by atoms with E-state index in [9.17, 15) is 16.8 Å². The molecule has 0 bridgehead atoms. The minimum absolute atomic E-state index is 0.302. The van der Waals surface area contributed by atoms with Crippen molar-refractivity contribution < 1.29 is 16.8 Å². The van der Waals surface area contributed by atoms with Crippen LogP contribution in [0.5, 0.6) is 0 Å². The van der Waals surface area contributed by atoms with Crippen LogP contribution in [0.25, 0.3) is 0 Å². The highest BCUT2D eigenvalue weighted by Gasteiger charge is 2.13. The molecule has 0 aliphatic heterocycles. The van der Waals surface area contributed by atoms with E-state index in [-0.39, 0.29) is 0 Å². The fourth-order valence-corrected chi connectivity index (χ4v) is 5.30. The molecular weight excluding hydrogens is 432 g/mol. The van der Waals surface area contributed by atoms with Crippen molar-refractivity contribution in [1.29, 1.82) is 0 Å². The van der Waals surface area contributed by atoms with Gasteiger partial charge in [-0.15, -0.1) is 0 Å². The fraction of sp³-hybridized carbons (Fsp3) is 0.478. The van der Waals surface area contributed by atoms with Gasteiger partial charge >= 0.3 is 0 Å². The lowest BCUT2D eigenvalue weighted by Crippen LogP contribution is -2.24. The molecule has 0 atom stereocenters. The average Bonchev–Trinajstić information content (AvgIpc) is 2.72. The maximum Gasteiger partial charge on any atom is 0.240 e. The van der Waals surface area contributed by atoms with Gasteiger partial charge in [-0.1, -0.05) is 67.5 Å². The van der Waals surface area contributed by atoms with Gasteiger partial charge in [0.25, 0.3) is 0 Å². The van der Waals surface area contributed by atoms with Crippen molar-refractivity contribution in [3.8, 4) is 0 Å². The van der Waals surface area contributed by atoms with E-state index in [1.807, 2.05) is 13.8 Å². The summed E-state index contributed by atoms with van der Waals surface area (Å²) in [4.78, 5) is 0.604. The van der Waals surface area contributed by atoms with Gasteiger partial charge < -0.3 is 0 Å². The van der Waals surface area contributed by atoms with Crippen molar-refractivity contribution in [1.82, 2.24) is 9.44 Å². The third kappa shape index (κ3) is 9.11. The summed E-state index contributed by atoms with van der Waals surface area (Å²) < 4.78 is 54.1. The highest BCUT2D eigenvalue weighted by Crippen LogP contribution is 2.12. The zero-order valence-corrected chi connectivity index (χ0v) is 20.1. The molecule has 0 amide bonds. The van der Waals surface area contributed by atoms with Crippen LogP contribution in [0.4, 0.5) is 0 Å². The van der Waals surface area contributed by atoms with E-state index in [4.69, 9.17) is 0 Å². The second-order valence-corrected chi connectivity index (χ2v) is 11.4. The molecule has 0 radical (unpaired) electrons. The lowest BCUT2D eigenvalue weighted by Gasteiger charge is -2.08. The van der Waals surface area contributed by atoms with Gasteiger partial charge in [0, 0.05) is 13.1 Å². The first-order chi connectivity index (χ1) is 14.7. The van der Waals surface area contributed by atoms with Gasteiger partial charge in [0.1, 0.15) is 0 Å². The summed E-state index contributed by atoms with van der Waals surface area (Å²) in [5.74, 6) is 0. The number of aryl methyl sites for hydroxylation is 2. The average molecular weight is 467 g/mol. The molecule has 2 rings (SSSR count).